The predicted molar refractivity (Wildman–Crippen MR) is 61.2 cm³/mol. The zero-order valence-corrected chi connectivity index (χ0v) is 9.00. The third-order valence-electron chi connectivity index (χ3n) is 2.94. The Labute approximate surface area is 94.3 Å². The smallest absolute Gasteiger partial charge is 0.0883 e. The Morgan fingerprint density at radius 2 is 2.06 bits per heavy atom. The van der Waals surface area contributed by atoms with Crippen LogP contribution in [0.2, 0.25) is 0 Å². The monoisotopic (exact) mass is 214 g/mol. The van der Waals surface area contributed by atoms with Crippen molar-refractivity contribution in [2.75, 3.05) is 13.1 Å². The molecule has 0 atom stereocenters. The summed E-state index contributed by atoms with van der Waals surface area (Å²) in [6, 6.07) is 10.3. The van der Waals surface area contributed by atoms with Crippen molar-refractivity contribution in [3.8, 4) is 0 Å². The van der Waals surface area contributed by atoms with Gasteiger partial charge in [-0.05, 0) is 5.56 Å². The molecule has 0 unspecified atom stereocenters. The van der Waals surface area contributed by atoms with Crippen molar-refractivity contribution < 1.29 is 0 Å². The average Bonchev–Trinajstić information content (AvgIpc) is 2.65. The molecule has 0 radical (unpaired) electrons. The lowest BCUT2D eigenvalue weighted by Gasteiger charge is -2.24. The molecule has 2 aromatic rings. The Balaban J connectivity index is 1.73. The summed E-state index contributed by atoms with van der Waals surface area (Å²) in [7, 11) is 0. The molecule has 4 nitrogen and oxygen atoms in total. The number of hydrogen-bond donors (Lipinski definition) is 1. The molecule has 3 rings (SSSR count). The Kier molecular flexibility index (Phi) is 2.42. The molecule has 2 heterocycles. The molecule has 0 amide bonds. The fourth-order valence-corrected chi connectivity index (χ4v) is 1.85. The van der Waals surface area contributed by atoms with Crippen molar-refractivity contribution >= 4 is 0 Å². The summed E-state index contributed by atoms with van der Waals surface area (Å²) < 4.78 is 1.91. The molecule has 0 saturated carbocycles. The molecule has 0 spiro atoms. The first kappa shape index (κ1) is 9.54. The van der Waals surface area contributed by atoms with Gasteiger partial charge in [0.15, 0.2) is 0 Å². The molecular formula is C12H14N4. The topological polar surface area (TPSA) is 42.7 Å². The minimum atomic E-state index is 0.560. The van der Waals surface area contributed by atoms with E-state index in [0.717, 1.165) is 25.3 Å². The van der Waals surface area contributed by atoms with E-state index < -0.39 is 0 Å². The summed E-state index contributed by atoms with van der Waals surface area (Å²) in [5.41, 5.74) is 2.36. The highest BCUT2D eigenvalue weighted by molar-refractivity contribution is 5.15. The maximum atomic E-state index is 4.21. The fourth-order valence-electron chi connectivity index (χ4n) is 1.85. The van der Waals surface area contributed by atoms with Crippen LogP contribution in [0.3, 0.4) is 0 Å². The second kappa shape index (κ2) is 4.06. The van der Waals surface area contributed by atoms with Gasteiger partial charge in [0.1, 0.15) is 0 Å². The standard InChI is InChI=1S/C12H14N4/c1-2-4-10(5-3-1)8-16-9-12(14-15-16)11-6-13-7-11/h1-5,9,11,13H,6-8H2. The van der Waals surface area contributed by atoms with Crippen LogP contribution in [0.1, 0.15) is 17.2 Å². The third-order valence-corrected chi connectivity index (χ3v) is 2.94. The second-order valence-corrected chi connectivity index (χ2v) is 4.18. The molecule has 16 heavy (non-hydrogen) atoms. The highest BCUT2D eigenvalue weighted by Gasteiger charge is 2.21. The largest absolute Gasteiger partial charge is 0.315 e. The molecule has 1 aromatic carbocycles. The average molecular weight is 214 g/mol. The zero-order valence-electron chi connectivity index (χ0n) is 9.00. The number of aromatic nitrogens is 3. The van der Waals surface area contributed by atoms with Crippen LogP contribution in [0.4, 0.5) is 0 Å². The molecule has 4 heteroatoms. The van der Waals surface area contributed by atoms with E-state index in [9.17, 15) is 0 Å². The SMILES string of the molecule is c1ccc(Cn2cc(C3CNC3)nn2)cc1. The van der Waals surface area contributed by atoms with Crippen molar-refractivity contribution in [3.63, 3.8) is 0 Å². The summed E-state index contributed by atoms with van der Waals surface area (Å²) in [6.45, 7) is 2.86. The van der Waals surface area contributed by atoms with Gasteiger partial charge in [-0.3, -0.25) is 0 Å². The van der Waals surface area contributed by atoms with E-state index in [4.69, 9.17) is 0 Å². The van der Waals surface area contributed by atoms with Crippen molar-refractivity contribution in [2.24, 2.45) is 0 Å². The van der Waals surface area contributed by atoms with E-state index in [-0.39, 0.29) is 0 Å². The number of benzene rings is 1. The van der Waals surface area contributed by atoms with Gasteiger partial charge >= 0.3 is 0 Å². The summed E-state index contributed by atoms with van der Waals surface area (Å²) in [4.78, 5) is 0. The summed E-state index contributed by atoms with van der Waals surface area (Å²) in [5, 5.41) is 11.6. The number of nitrogens with one attached hydrogen (secondary N) is 1. The summed E-state index contributed by atoms with van der Waals surface area (Å²) in [5.74, 6) is 0.560. The first-order valence-corrected chi connectivity index (χ1v) is 5.56. The van der Waals surface area contributed by atoms with E-state index in [1.165, 1.54) is 5.56 Å². The van der Waals surface area contributed by atoms with Crippen LogP contribution in [-0.4, -0.2) is 28.1 Å². The van der Waals surface area contributed by atoms with Gasteiger partial charge in [0.2, 0.25) is 0 Å². The van der Waals surface area contributed by atoms with Crippen LogP contribution in [0.15, 0.2) is 36.5 Å². The lowest BCUT2D eigenvalue weighted by atomic mass is 10.0. The van der Waals surface area contributed by atoms with Crippen LogP contribution in [0, 0.1) is 0 Å². The van der Waals surface area contributed by atoms with Gasteiger partial charge in [0.05, 0.1) is 12.2 Å². The maximum Gasteiger partial charge on any atom is 0.0883 e. The minimum absolute atomic E-state index is 0.560. The van der Waals surface area contributed by atoms with Gasteiger partial charge in [0, 0.05) is 25.2 Å². The lowest BCUT2D eigenvalue weighted by molar-refractivity contribution is 0.439. The van der Waals surface area contributed by atoms with Crippen molar-refractivity contribution in [2.45, 2.75) is 12.5 Å². The fraction of sp³-hybridized carbons (Fsp3) is 0.333. The minimum Gasteiger partial charge on any atom is -0.315 e. The van der Waals surface area contributed by atoms with E-state index in [0.29, 0.717) is 5.92 Å². The van der Waals surface area contributed by atoms with Gasteiger partial charge in [-0.1, -0.05) is 35.5 Å². The molecule has 1 aromatic heterocycles. The van der Waals surface area contributed by atoms with Gasteiger partial charge in [-0.2, -0.15) is 0 Å². The van der Waals surface area contributed by atoms with Gasteiger partial charge in [0.25, 0.3) is 0 Å². The zero-order chi connectivity index (χ0) is 10.8. The first-order chi connectivity index (χ1) is 7.92. The summed E-state index contributed by atoms with van der Waals surface area (Å²) in [6.07, 6.45) is 2.05. The predicted octanol–water partition coefficient (Wildman–Crippen LogP) is 1.01. The van der Waals surface area contributed by atoms with Crippen LogP contribution >= 0.6 is 0 Å². The third kappa shape index (κ3) is 1.84. The van der Waals surface area contributed by atoms with Crippen LogP contribution in [-0.2, 0) is 6.54 Å². The molecule has 1 saturated heterocycles. The molecule has 0 aliphatic carbocycles. The molecule has 0 bridgehead atoms. The molecule has 1 N–H and O–H groups in total. The van der Waals surface area contributed by atoms with Crippen molar-refractivity contribution in [1.82, 2.24) is 20.3 Å². The number of rotatable bonds is 3. The normalized spacial score (nSPS) is 16.0. The van der Waals surface area contributed by atoms with Crippen LogP contribution in [0.25, 0.3) is 0 Å². The Morgan fingerprint density at radius 3 is 2.75 bits per heavy atom. The van der Waals surface area contributed by atoms with Gasteiger partial charge in [-0.15, -0.1) is 5.10 Å². The summed E-state index contributed by atoms with van der Waals surface area (Å²) >= 11 is 0. The first-order valence-electron chi connectivity index (χ1n) is 5.56. The molecule has 1 aliphatic heterocycles. The number of nitrogens with zero attached hydrogens (tertiary/aromatic N) is 3. The van der Waals surface area contributed by atoms with Crippen LogP contribution in [0.5, 0.6) is 0 Å². The highest BCUT2D eigenvalue weighted by Crippen LogP contribution is 2.16. The Morgan fingerprint density at radius 1 is 1.25 bits per heavy atom. The highest BCUT2D eigenvalue weighted by atomic mass is 15.4. The van der Waals surface area contributed by atoms with Crippen molar-refractivity contribution in [3.05, 3.63) is 47.8 Å². The van der Waals surface area contributed by atoms with E-state index in [1.54, 1.807) is 0 Å². The van der Waals surface area contributed by atoms with Crippen molar-refractivity contribution in [1.29, 1.82) is 0 Å². The molecule has 1 fully saturated rings. The number of hydrogen-bond acceptors (Lipinski definition) is 3. The second-order valence-electron chi connectivity index (χ2n) is 4.18. The quantitative estimate of drug-likeness (QED) is 0.829. The molecular weight excluding hydrogens is 200 g/mol. The molecule has 1 aliphatic rings. The van der Waals surface area contributed by atoms with E-state index in [1.807, 2.05) is 22.9 Å². The Bertz CT molecular complexity index is 459. The van der Waals surface area contributed by atoms with Gasteiger partial charge < -0.3 is 5.32 Å². The van der Waals surface area contributed by atoms with E-state index in [2.05, 4.69) is 34.0 Å². The van der Waals surface area contributed by atoms with E-state index >= 15 is 0 Å². The van der Waals surface area contributed by atoms with Crippen LogP contribution < -0.4 is 5.32 Å². The lowest BCUT2D eigenvalue weighted by Crippen LogP contribution is -2.40. The molecule has 82 valence electrons. The Hall–Kier alpha value is -1.68. The maximum absolute atomic E-state index is 4.21. The van der Waals surface area contributed by atoms with Gasteiger partial charge in [-0.25, -0.2) is 4.68 Å².